The maximum atomic E-state index is 4.60. The zero-order valence-corrected chi connectivity index (χ0v) is 12.6. The van der Waals surface area contributed by atoms with Crippen LogP contribution >= 0.6 is 23.1 Å². The first kappa shape index (κ1) is 13.4. The van der Waals surface area contributed by atoms with Gasteiger partial charge in [0, 0.05) is 17.3 Å². The average Bonchev–Trinajstić information content (AvgIpc) is 2.81. The van der Waals surface area contributed by atoms with Gasteiger partial charge in [0.2, 0.25) is 0 Å². The molecule has 1 saturated heterocycles. The number of nitrogens with one attached hydrogen (secondary N) is 1. The molecule has 2 heterocycles. The predicted molar refractivity (Wildman–Crippen MR) is 77.8 cm³/mol. The van der Waals surface area contributed by atoms with Gasteiger partial charge in [-0.2, -0.15) is 11.8 Å². The van der Waals surface area contributed by atoms with Crippen molar-refractivity contribution < 1.29 is 0 Å². The van der Waals surface area contributed by atoms with E-state index in [1.165, 1.54) is 23.6 Å². The van der Waals surface area contributed by atoms with Gasteiger partial charge < -0.3 is 5.32 Å². The molecule has 4 heteroatoms. The van der Waals surface area contributed by atoms with E-state index >= 15 is 0 Å². The van der Waals surface area contributed by atoms with Crippen molar-refractivity contribution in [3.63, 3.8) is 0 Å². The molecule has 1 unspecified atom stereocenters. The molecule has 0 spiro atoms. The van der Waals surface area contributed by atoms with E-state index in [-0.39, 0.29) is 11.0 Å². The van der Waals surface area contributed by atoms with Gasteiger partial charge in [0.05, 0.1) is 5.54 Å². The zero-order chi connectivity index (χ0) is 12.4. The first-order valence-corrected chi connectivity index (χ1v) is 8.38. The average molecular weight is 270 g/mol. The predicted octanol–water partition coefficient (Wildman–Crippen LogP) is 3.50. The minimum Gasteiger partial charge on any atom is -0.304 e. The third-order valence-electron chi connectivity index (χ3n) is 3.82. The fourth-order valence-corrected chi connectivity index (χ4v) is 5.27. The van der Waals surface area contributed by atoms with Crippen molar-refractivity contribution in [1.29, 1.82) is 0 Å². The minimum atomic E-state index is 0.0695. The monoisotopic (exact) mass is 270 g/mol. The van der Waals surface area contributed by atoms with Crippen LogP contribution in [0.3, 0.4) is 0 Å². The Morgan fingerprint density at radius 3 is 2.88 bits per heavy atom. The van der Waals surface area contributed by atoms with Gasteiger partial charge in [0.1, 0.15) is 5.01 Å². The van der Waals surface area contributed by atoms with Gasteiger partial charge in [-0.15, -0.1) is 11.3 Å². The summed E-state index contributed by atoms with van der Waals surface area (Å²) in [6, 6.07) is 0. The van der Waals surface area contributed by atoms with Crippen LogP contribution in [0, 0.1) is 5.41 Å². The van der Waals surface area contributed by atoms with Crippen molar-refractivity contribution in [1.82, 2.24) is 10.3 Å². The van der Waals surface area contributed by atoms with Crippen LogP contribution in [0.25, 0.3) is 0 Å². The highest BCUT2D eigenvalue weighted by molar-refractivity contribution is 7.99. The molecule has 0 aromatic carbocycles. The molecule has 1 atom stereocenters. The number of hydrogen-bond donors (Lipinski definition) is 1. The highest BCUT2D eigenvalue weighted by Crippen LogP contribution is 2.49. The lowest BCUT2D eigenvalue weighted by Gasteiger charge is -2.49. The summed E-state index contributed by atoms with van der Waals surface area (Å²) in [6.45, 7) is 8.07. The fourth-order valence-electron chi connectivity index (χ4n) is 2.45. The number of hydrogen-bond acceptors (Lipinski definition) is 4. The Labute approximate surface area is 113 Å². The van der Waals surface area contributed by atoms with Gasteiger partial charge in [-0.3, -0.25) is 0 Å². The third kappa shape index (κ3) is 2.40. The largest absolute Gasteiger partial charge is 0.304 e. The van der Waals surface area contributed by atoms with Crippen LogP contribution in [0.5, 0.6) is 0 Å². The lowest BCUT2D eigenvalue weighted by Crippen LogP contribution is -2.57. The Morgan fingerprint density at radius 2 is 2.29 bits per heavy atom. The van der Waals surface area contributed by atoms with Gasteiger partial charge in [-0.05, 0) is 30.6 Å². The zero-order valence-electron chi connectivity index (χ0n) is 11.0. The minimum absolute atomic E-state index is 0.0695. The quantitative estimate of drug-likeness (QED) is 0.906. The number of nitrogens with zero attached hydrogens (tertiary/aromatic N) is 1. The van der Waals surface area contributed by atoms with Crippen LogP contribution in [0.1, 0.15) is 38.6 Å². The fraction of sp³-hybridized carbons (Fsp3) is 0.769. The normalized spacial score (nSPS) is 28.2. The van der Waals surface area contributed by atoms with Crippen molar-refractivity contribution in [2.45, 2.75) is 39.2 Å². The Balaban J connectivity index is 2.34. The van der Waals surface area contributed by atoms with Crippen molar-refractivity contribution in [2.75, 3.05) is 18.1 Å². The summed E-state index contributed by atoms with van der Waals surface area (Å²) in [5, 5.41) is 7.17. The topological polar surface area (TPSA) is 24.9 Å². The summed E-state index contributed by atoms with van der Waals surface area (Å²) in [5.41, 5.74) is 0.353. The van der Waals surface area contributed by atoms with Gasteiger partial charge in [0.25, 0.3) is 0 Å². The number of thioether (sulfide) groups is 1. The lowest BCUT2D eigenvalue weighted by atomic mass is 9.71. The molecular weight excluding hydrogens is 248 g/mol. The van der Waals surface area contributed by atoms with E-state index in [0.29, 0.717) is 0 Å². The molecule has 1 aliphatic rings. The molecule has 1 aromatic rings. The second-order valence-corrected chi connectivity index (χ2v) is 7.36. The summed E-state index contributed by atoms with van der Waals surface area (Å²) >= 11 is 3.85. The summed E-state index contributed by atoms with van der Waals surface area (Å²) < 4.78 is 0. The van der Waals surface area contributed by atoms with Crippen LogP contribution in [0.2, 0.25) is 0 Å². The van der Waals surface area contributed by atoms with Crippen LogP contribution in [0.15, 0.2) is 11.6 Å². The van der Waals surface area contributed by atoms with Crippen molar-refractivity contribution in [3.8, 4) is 0 Å². The van der Waals surface area contributed by atoms with E-state index in [1.807, 2.05) is 6.20 Å². The molecule has 17 heavy (non-hydrogen) atoms. The Kier molecular flexibility index (Phi) is 4.16. The lowest BCUT2D eigenvalue weighted by molar-refractivity contribution is 0.129. The van der Waals surface area contributed by atoms with Gasteiger partial charge in [-0.1, -0.05) is 20.8 Å². The van der Waals surface area contributed by atoms with E-state index in [9.17, 15) is 0 Å². The van der Waals surface area contributed by atoms with Gasteiger partial charge in [-0.25, -0.2) is 4.98 Å². The molecule has 0 aliphatic carbocycles. The van der Waals surface area contributed by atoms with Crippen LogP contribution in [-0.4, -0.2) is 23.0 Å². The molecular formula is C13H22N2S2. The molecule has 0 bridgehead atoms. The number of aromatic nitrogens is 1. The van der Waals surface area contributed by atoms with Crippen molar-refractivity contribution >= 4 is 23.1 Å². The molecule has 0 saturated carbocycles. The van der Waals surface area contributed by atoms with Crippen LogP contribution in [0.4, 0.5) is 0 Å². The van der Waals surface area contributed by atoms with Crippen molar-refractivity contribution in [2.24, 2.45) is 5.41 Å². The number of thiazole rings is 1. The van der Waals surface area contributed by atoms with E-state index in [4.69, 9.17) is 0 Å². The standard InChI is InChI=1S/C13H22N2S2/c1-4-6-15-13(11-14-7-9-17-11)10-16-8-5-12(13,2)3/h7,9,15H,4-6,8,10H2,1-3H3. The molecule has 1 aromatic heterocycles. The first-order chi connectivity index (χ1) is 8.12. The smallest absolute Gasteiger partial charge is 0.114 e. The Hall–Kier alpha value is -0.0600. The molecule has 1 aliphatic heterocycles. The first-order valence-electron chi connectivity index (χ1n) is 6.35. The molecule has 2 rings (SSSR count). The number of rotatable bonds is 4. The highest BCUT2D eigenvalue weighted by atomic mass is 32.2. The summed E-state index contributed by atoms with van der Waals surface area (Å²) in [4.78, 5) is 4.60. The molecule has 0 amide bonds. The van der Waals surface area contributed by atoms with E-state index in [2.05, 4.69) is 48.2 Å². The Morgan fingerprint density at radius 1 is 1.47 bits per heavy atom. The highest BCUT2D eigenvalue weighted by Gasteiger charge is 2.49. The van der Waals surface area contributed by atoms with E-state index in [0.717, 1.165) is 12.3 Å². The molecule has 1 N–H and O–H groups in total. The van der Waals surface area contributed by atoms with Crippen LogP contribution < -0.4 is 5.32 Å². The van der Waals surface area contributed by atoms with E-state index in [1.54, 1.807) is 11.3 Å². The second kappa shape index (κ2) is 5.29. The molecule has 2 nitrogen and oxygen atoms in total. The van der Waals surface area contributed by atoms with E-state index < -0.39 is 0 Å². The van der Waals surface area contributed by atoms with Crippen molar-refractivity contribution in [3.05, 3.63) is 16.6 Å². The molecule has 0 radical (unpaired) electrons. The second-order valence-electron chi connectivity index (χ2n) is 5.36. The SMILES string of the molecule is CCCNC1(c2nccs2)CSCCC1(C)C. The van der Waals surface area contributed by atoms with Gasteiger partial charge >= 0.3 is 0 Å². The maximum Gasteiger partial charge on any atom is 0.114 e. The maximum absolute atomic E-state index is 4.60. The molecule has 1 fully saturated rings. The summed E-state index contributed by atoms with van der Waals surface area (Å²) in [6.07, 6.45) is 4.37. The molecule has 96 valence electrons. The summed E-state index contributed by atoms with van der Waals surface area (Å²) in [7, 11) is 0. The third-order valence-corrected chi connectivity index (χ3v) is 5.88. The summed E-state index contributed by atoms with van der Waals surface area (Å²) in [5.74, 6) is 2.42. The van der Waals surface area contributed by atoms with Crippen LogP contribution in [-0.2, 0) is 5.54 Å². The Bertz CT molecular complexity index is 348. The van der Waals surface area contributed by atoms with Gasteiger partial charge in [0.15, 0.2) is 0 Å².